The molecule has 146 valence electrons. The molecule has 3 unspecified atom stereocenters. The molecule has 0 radical (unpaired) electrons. The first-order chi connectivity index (χ1) is 12.9. The minimum atomic E-state index is -1.82. The van der Waals surface area contributed by atoms with Crippen LogP contribution < -0.4 is 0 Å². The number of aliphatic carboxylic acids is 2. The molecule has 2 bridgehead atoms. The Morgan fingerprint density at radius 2 is 1.74 bits per heavy atom. The van der Waals surface area contributed by atoms with Gasteiger partial charge in [0.25, 0.3) is 5.91 Å². The number of rotatable bonds is 3. The number of carbonyl (C=O) groups is 3. The number of piperazine rings is 1. The molecule has 2 fully saturated rings. The molecular weight excluding hydrogens is 352 g/mol. The van der Waals surface area contributed by atoms with Crippen molar-refractivity contribution in [3.63, 3.8) is 0 Å². The maximum Gasteiger partial charge on any atom is 0.414 e. The zero-order valence-electron chi connectivity index (χ0n) is 15.0. The summed E-state index contributed by atoms with van der Waals surface area (Å²) in [6.07, 6.45) is 9.14. The number of carboxylic acids is 2. The molecule has 1 saturated heterocycles. The highest BCUT2D eigenvalue weighted by atomic mass is 16.4. The van der Waals surface area contributed by atoms with Crippen LogP contribution in [0, 0.1) is 17.8 Å². The summed E-state index contributed by atoms with van der Waals surface area (Å²) in [5, 5.41) is 14.8. The largest absolute Gasteiger partial charge is 0.473 e. The standard InChI is InChI=1S/C17H22N2O2.C2H2O4/c20-17(16-2-1-9-21-16)19-7-5-18(6-8-19)12-15-11-13-3-4-14(15)10-13;3-1(4)2(5)6/h1-4,9,13-15H,5-8,10-12H2;(H,3,4)(H,5,6). The Morgan fingerprint density at radius 3 is 2.22 bits per heavy atom. The SMILES string of the molecule is O=C(O)C(=O)O.O=C(c1ccco1)N1CCN(CC2CC3C=CC2C3)CC1. The Balaban J connectivity index is 0.000000307. The van der Waals surface area contributed by atoms with Crippen LogP contribution in [0.25, 0.3) is 0 Å². The number of allylic oxidation sites excluding steroid dienone is 2. The van der Waals surface area contributed by atoms with Gasteiger partial charge in [-0.3, -0.25) is 9.69 Å². The first-order valence-electron chi connectivity index (χ1n) is 9.13. The normalized spacial score (nSPS) is 26.5. The third kappa shape index (κ3) is 4.77. The Hall–Kier alpha value is -2.61. The quantitative estimate of drug-likeness (QED) is 0.606. The molecule has 1 saturated carbocycles. The number of hydrogen-bond acceptors (Lipinski definition) is 5. The maximum atomic E-state index is 12.2. The van der Waals surface area contributed by atoms with Gasteiger partial charge in [-0.25, -0.2) is 9.59 Å². The molecule has 27 heavy (non-hydrogen) atoms. The van der Waals surface area contributed by atoms with Crippen LogP contribution in [0.1, 0.15) is 23.4 Å². The van der Waals surface area contributed by atoms with E-state index < -0.39 is 11.9 Å². The molecule has 8 heteroatoms. The number of furan rings is 1. The zero-order valence-corrected chi connectivity index (χ0v) is 15.0. The number of fused-ring (bicyclic) bond motifs is 2. The third-order valence-electron chi connectivity index (χ3n) is 5.48. The molecule has 0 aromatic carbocycles. The fourth-order valence-corrected chi connectivity index (χ4v) is 4.13. The van der Waals surface area contributed by atoms with Gasteiger partial charge in [0, 0.05) is 32.7 Å². The van der Waals surface area contributed by atoms with Gasteiger partial charge in [0.1, 0.15) is 0 Å². The molecule has 1 aromatic rings. The van der Waals surface area contributed by atoms with Crippen molar-refractivity contribution in [2.24, 2.45) is 17.8 Å². The average molecular weight is 376 g/mol. The Bertz CT molecular complexity index is 694. The Kier molecular flexibility index (Phi) is 5.95. The van der Waals surface area contributed by atoms with Crippen LogP contribution in [0.2, 0.25) is 0 Å². The molecule has 3 aliphatic rings. The van der Waals surface area contributed by atoms with Gasteiger partial charge in [-0.1, -0.05) is 12.2 Å². The summed E-state index contributed by atoms with van der Waals surface area (Å²) in [6.45, 7) is 4.81. The first kappa shape index (κ1) is 19.2. The summed E-state index contributed by atoms with van der Waals surface area (Å²) in [4.78, 5) is 34.9. The van der Waals surface area contributed by atoms with E-state index in [1.165, 1.54) is 19.4 Å². The fourth-order valence-electron chi connectivity index (χ4n) is 4.13. The van der Waals surface area contributed by atoms with Gasteiger partial charge in [0.05, 0.1) is 6.26 Å². The van der Waals surface area contributed by atoms with E-state index in [-0.39, 0.29) is 5.91 Å². The van der Waals surface area contributed by atoms with Crippen LogP contribution in [0.5, 0.6) is 0 Å². The molecule has 0 spiro atoms. The van der Waals surface area contributed by atoms with E-state index in [9.17, 15) is 4.79 Å². The predicted octanol–water partition coefficient (Wildman–Crippen LogP) is 1.41. The minimum Gasteiger partial charge on any atom is -0.473 e. The van der Waals surface area contributed by atoms with Gasteiger partial charge in [0.15, 0.2) is 5.76 Å². The van der Waals surface area contributed by atoms with Gasteiger partial charge in [0.2, 0.25) is 0 Å². The molecule has 1 aliphatic heterocycles. The van der Waals surface area contributed by atoms with E-state index in [1.54, 1.807) is 18.4 Å². The first-order valence-corrected chi connectivity index (χ1v) is 9.13. The second kappa shape index (κ2) is 8.39. The highest BCUT2D eigenvalue weighted by molar-refractivity contribution is 6.27. The third-order valence-corrected chi connectivity index (χ3v) is 5.48. The van der Waals surface area contributed by atoms with E-state index in [2.05, 4.69) is 17.1 Å². The van der Waals surface area contributed by atoms with Crippen molar-refractivity contribution in [1.29, 1.82) is 0 Å². The van der Waals surface area contributed by atoms with Crippen LogP contribution in [-0.2, 0) is 9.59 Å². The summed E-state index contributed by atoms with van der Waals surface area (Å²) in [6, 6.07) is 3.52. The van der Waals surface area contributed by atoms with Crippen LogP contribution in [0.3, 0.4) is 0 Å². The summed E-state index contributed by atoms with van der Waals surface area (Å²) in [7, 11) is 0. The molecule has 2 aliphatic carbocycles. The molecule has 2 N–H and O–H groups in total. The summed E-state index contributed by atoms with van der Waals surface area (Å²) in [5.74, 6) is -0.652. The molecule has 8 nitrogen and oxygen atoms in total. The van der Waals surface area contributed by atoms with Gasteiger partial charge < -0.3 is 19.5 Å². The number of hydrogen-bond donors (Lipinski definition) is 2. The highest BCUT2D eigenvalue weighted by Gasteiger charge is 2.37. The fraction of sp³-hybridized carbons (Fsp3) is 0.526. The van der Waals surface area contributed by atoms with Crippen LogP contribution in [-0.4, -0.2) is 70.6 Å². The van der Waals surface area contributed by atoms with Crippen molar-refractivity contribution in [2.75, 3.05) is 32.7 Å². The number of nitrogens with zero attached hydrogens (tertiary/aromatic N) is 2. The van der Waals surface area contributed by atoms with Crippen LogP contribution in [0.4, 0.5) is 0 Å². The topological polar surface area (TPSA) is 111 Å². The zero-order chi connectivity index (χ0) is 19.4. The molecule has 4 rings (SSSR count). The smallest absolute Gasteiger partial charge is 0.414 e. The van der Waals surface area contributed by atoms with Crippen molar-refractivity contribution in [2.45, 2.75) is 12.8 Å². The predicted molar refractivity (Wildman–Crippen MR) is 95.2 cm³/mol. The molecule has 2 heterocycles. The van der Waals surface area contributed by atoms with Gasteiger partial charge in [-0.05, 0) is 42.7 Å². The second-order valence-electron chi connectivity index (χ2n) is 7.22. The van der Waals surface area contributed by atoms with Gasteiger partial charge in [-0.15, -0.1) is 0 Å². The molecule has 1 amide bonds. The summed E-state index contributed by atoms with van der Waals surface area (Å²) in [5.41, 5.74) is 0. The lowest BCUT2D eigenvalue weighted by atomic mass is 9.93. The molecule has 3 atom stereocenters. The van der Waals surface area contributed by atoms with Crippen molar-refractivity contribution in [3.05, 3.63) is 36.3 Å². The van der Waals surface area contributed by atoms with Crippen molar-refractivity contribution < 1.29 is 29.0 Å². The second-order valence-corrected chi connectivity index (χ2v) is 7.22. The maximum absolute atomic E-state index is 12.2. The summed E-state index contributed by atoms with van der Waals surface area (Å²) < 4.78 is 5.20. The van der Waals surface area contributed by atoms with E-state index in [4.69, 9.17) is 24.2 Å². The van der Waals surface area contributed by atoms with E-state index >= 15 is 0 Å². The average Bonchev–Trinajstić information content (AvgIpc) is 3.40. The monoisotopic (exact) mass is 376 g/mol. The lowest BCUT2D eigenvalue weighted by Crippen LogP contribution is -2.50. The number of amides is 1. The van der Waals surface area contributed by atoms with E-state index in [1.807, 2.05) is 4.90 Å². The van der Waals surface area contributed by atoms with Crippen LogP contribution >= 0.6 is 0 Å². The highest BCUT2D eigenvalue weighted by Crippen LogP contribution is 2.43. The van der Waals surface area contributed by atoms with Gasteiger partial charge in [-0.2, -0.15) is 0 Å². The van der Waals surface area contributed by atoms with Gasteiger partial charge >= 0.3 is 11.9 Å². The van der Waals surface area contributed by atoms with E-state index in [0.29, 0.717) is 5.76 Å². The lowest BCUT2D eigenvalue weighted by molar-refractivity contribution is -0.159. The number of carboxylic acid groups (broad SMARTS) is 2. The molecule has 1 aromatic heterocycles. The lowest BCUT2D eigenvalue weighted by Gasteiger charge is -2.36. The minimum absolute atomic E-state index is 0.0301. The van der Waals surface area contributed by atoms with Crippen molar-refractivity contribution in [1.82, 2.24) is 9.80 Å². The van der Waals surface area contributed by atoms with Crippen molar-refractivity contribution >= 4 is 17.8 Å². The Morgan fingerprint density at radius 1 is 1.04 bits per heavy atom. The van der Waals surface area contributed by atoms with E-state index in [0.717, 1.165) is 43.9 Å². The Labute approximate surface area is 157 Å². The van der Waals surface area contributed by atoms with Crippen LogP contribution in [0.15, 0.2) is 35.0 Å². The number of carbonyl (C=O) groups excluding carboxylic acids is 1. The summed E-state index contributed by atoms with van der Waals surface area (Å²) >= 11 is 0. The van der Waals surface area contributed by atoms with Crippen molar-refractivity contribution in [3.8, 4) is 0 Å². The molecular formula is C19H24N2O6.